The zero-order chi connectivity index (χ0) is 10.6. The molecule has 2 atom stereocenters. The third kappa shape index (κ3) is 3.07. The van der Waals surface area contributed by atoms with Crippen LogP contribution in [0.1, 0.15) is 26.7 Å². The van der Waals surface area contributed by atoms with Gasteiger partial charge in [-0.1, -0.05) is 13.8 Å². The maximum atomic E-state index is 11.5. The van der Waals surface area contributed by atoms with E-state index >= 15 is 0 Å². The van der Waals surface area contributed by atoms with Crippen LogP contribution in [0.2, 0.25) is 0 Å². The van der Waals surface area contributed by atoms with Gasteiger partial charge in [0.15, 0.2) is 0 Å². The molecule has 1 heterocycles. The van der Waals surface area contributed by atoms with Crippen molar-refractivity contribution in [1.82, 2.24) is 4.90 Å². The second-order valence-corrected chi connectivity index (χ2v) is 4.37. The van der Waals surface area contributed by atoms with Crippen LogP contribution < -0.4 is 0 Å². The van der Waals surface area contributed by atoms with Gasteiger partial charge in [-0.3, -0.25) is 4.79 Å². The van der Waals surface area contributed by atoms with Crippen molar-refractivity contribution in [2.75, 3.05) is 26.2 Å². The second-order valence-electron chi connectivity index (χ2n) is 4.37. The maximum Gasteiger partial charge on any atom is 0.138 e. The van der Waals surface area contributed by atoms with Gasteiger partial charge < -0.3 is 10.0 Å². The summed E-state index contributed by atoms with van der Waals surface area (Å²) in [6, 6.07) is 0. The summed E-state index contributed by atoms with van der Waals surface area (Å²) in [5.74, 6) is 0.968. The largest absolute Gasteiger partial charge is 0.396 e. The van der Waals surface area contributed by atoms with Gasteiger partial charge in [-0.05, 0) is 12.3 Å². The molecular weight excluding hydrogens is 178 g/mol. The Morgan fingerprint density at radius 2 is 2.36 bits per heavy atom. The highest BCUT2D eigenvalue weighted by Crippen LogP contribution is 2.16. The van der Waals surface area contributed by atoms with Gasteiger partial charge in [0.2, 0.25) is 0 Å². The summed E-state index contributed by atoms with van der Waals surface area (Å²) in [6.07, 6.45) is 1.64. The lowest BCUT2D eigenvalue weighted by Crippen LogP contribution is -2.42. The predicted molar refractivity (Wildman–Crippen MR) is 56.1 cm³/mol. The van der Waals surface area contributed by atoms with Crippen molar-refractivity contribution in [1.29, 1.82) is 0 Å². The van der Waals surface area contributed by atoms with Gasteiger partial charge in [-0.15, -0.1) is 0 Å². The number of hydrogen-bond donors (Lipinski definition) is 1. The first kappa shape index (κ1) is 11.7. The minimum atomic E-state index is 0.231. The molecule has 1 aliphatic rings. The standard InChI is InChI=1S/C11H21NO2/c1-3-10-7-12(5-4-11(10)14)6-9(2)8-13/h9-10,13H,3-8H2,1-2H3. The number of Topliss-reactive ketones (excluding diaryl/α,β-unsaturated/α-hetero) is 1. The summed E-state index contributed by atoms with van der Waals surface area (Å²) in [5.41, 5.74) is 0. The Morgan fingerprint density at radius 3 is 2.93 bits per heavy atom. The monoisotopic (exact) mass is 199 g/mol. The lowest BCUT2D eigenvalue weighted by molar-refractivity contribution is -0.126. The summed E-state index contributed by atoms with van der Waals surface area (Å²) >= 11 is 0. The smallest absolute Gasteiger partial charge is 0.138 e. The topological polar surface area (TPSA) is 40.5 Å². The molecule has 3 nitrogen and oxygen atoms in total. The molecular formula is C11H21NO2. The summed E-state index contributed by atoms with van der Waals surface area (Å²) in [4.78, 5) is 13.8. The molecule has 0 aromatic rings. The van der Waals surface area contributed by atoms with Gasteiger partial charge in [0.25, 0.3) is 0 Å². The van der Waals surface area contributed by atoms with Crippen LogP contribution >= 0.6 is 0 Å². The number of aliphatic hydroxyl groups excluding tert-OH is 1. The van der Waals surface area contributed by atoms with E-state index in [1.165, 1.54) is 0 Å². The average molecular weight is 199 g/mol. The fourth-order valence-electron chi connectivity index (χ4n) is 2.00. The Kier molecular flexibility index (Phi) is 4.55. The first-order valence-corrected chi connectivity index (χ1v) is 5.53. The SMILES string of the molecule is CCC1CN(CC(C)CO)CCC1=O. The fraction of sp³-hybridized carbons (Fsp3) is 0.909. The number of piperidine rings is 1. The normalized spacial score (nSPS) is 26.5. The molecule has 2 unspecified atom stereocenters. The van der Waals surface area contributed by atoms with Crippen LogP contribution in [0.25, 0.3) is 0 Å². The molecule has 1 aliphatic heterocycles. The lowest BCUT2D eigenvalue weighted by Gasteiger charge is -2.32. The minimum Gasteiger partial charge on any atom is -0.396 e. The van der Waals surface area contributed by atoms with E-state index in [1.54, 1.807) is 0 Å². The third-order valence-electron chi connectivity index (χ3n) is 2.98. The number of likely N-dealkylation sites (tertiary alicyclic amines) is 1. The highest BCUT2D eigenvalue weighted by molar-refractivity contribution is 5.82. The number of ketones is 1. The van der Waals surface area contributed by atoms with Gasteiger partial charge >= 0.3 is 0 Å². The van der Waals surface area contributed by atoms with Crippen LogP contribution in [0.3, 0.4) is 0 Å². The van der Waals surface area contributed by atoms with Crippen LogP contribution in [0, 0.1) is 11.8 Å². The Labute approximate surface area is 86.1 Å². The van der Waals surface area contributed by atoms with Gasteiger partial charge in [-0.2, -0.15) is 0 Å². The molecule has 3 heteroatoms. The molecule has 1 saturated heterocycles. The highest BCUT2D eigenvalue weighted by Gasteiger charge is 2.25. The van der Waals surface area contributed by atoms with Crippen LogP contribution in [0.5, 0.6) is 0 Å². The first-order chi connectivity index (χ1) is 6.67. The number of carbonyl (C=O) groups is 1. The Balaban J connectivity index is 2.38. The van der Waals surface area contributed by atoms with E-state index in [9.17, 15) is 4.79 Å². The van der Waals surface area contributed by atoms with Gasteiger partial charge in [0, 0.05) is 38.6 Å². The molecule has 82 valence electrons. The number of hydrogen-bond acceptors (Lipinski definition) is 3. The Bertz CT molecular complexity index is 194. The van der Waals surface area contributed by atoms with Crippen LogP contribution in [0.4, 0.5) is 0 Å². The van der Waals surface area contributed by atoms with Crippen molar-refractivity contribution in [3.63, 3.8) is 0 Å². The summed E-state index contributed by atoms with van der Waals surface area (Å²) < 4.78 is 0. The van der Waals surface area contributed by atoms with Crippen LogP contribution in [0.15, 0.2) is 0 Å². The number of carbonyl (C=O) groups excluding carboxylic acids is 1. The van der Waals surface area contributed by atoms with Crippen molar-refractivity contribution < 1.29 is 9.90 Å². The van der Waals surface area contributed by atoms with E-state index in [2.05, 4.69) is 11.8 Å². The van der Waals surface area contributed by atoms with E-state index in [0.717, 1.165) is 26.1 Å². The first-order valence-electron chi connectivity index (χ1n) is 5.53. The maximum absolute atomic E-state index is 11.5. The van der Waals surface area contributed by atoms with Crippen molar-refractivity contribution in [2.45, 2.75) is 26.7 Å². The number of rotatable bonds is 4. The molecule has 0 bridgehead atoms. The molecule has 1 rings (SSSR count). The lowest BCUT2D eigenvalue weighted by atomic mass is 9.93. The van der Waals surface area contributed by atoms with E-state index in [4.69, 9.17) is 5.11 Å². The molecule has 0 aromatic carbocycles. The number of aliphatic hydroxyl groups is 1. The Hall–Kier alpha value is -0.410. The molecule has 0 aliphatic carbocycles. The molecule has 1 N–H and O–H groups in total. The van der Waals surface area contributed by atoms with Crippen molar-refractivity contribution in [2.24, 2.45) is 11.8 Å². The Morgan fingerprint density at radius 1 is 1.64 bits per heavy atom. The number of nitrogens with zero attached hydrogens (tertiary/aromatic N) is 1. The van der Waals surface area contributed by atoms with E-state index < -0.39 is 0 Å². The molecule has 0 aromatic heterocycles. The van der Waals surface area contributed by atoms with Crippen LogP contribution in [-0.2, 0) is 4.79 Å². The summed E-state index contributed by atoms with van der Waals surface area (Å²) in [6.45, 7) is 7.03. The van der Waals surface area contributed by atoms with E-state index in [1.807, 2.05) is 6.92 Å². The van der Waals surface area contributed by atoms with Crippen LogP contribution in [-0.4, -0.2) is 42.0 Å². The quantitative estimate of drug-likeness (QED) is 0.732. The van der Waals surface area contributed by atoms with Gasteiger partial charge in [-0.25, -0.2) is 0 Å². The molecule has 0 spiro atoms. The van der Waals surface area contributed by atoms with E-state index in [-0.39, 0.29) is 12.5 Å². The molecule has 0 amide bonds. The highest BCUT2D eigenvalue weighted by atomic mass is 16.3. The predicted octanol–water partition coefficient (Wildman–Crippen LogP) is 0.916. The fourth-order valence-corrected chi connectivity index (χ4v) is 2.00. The van der Waals surface area contributed by atoms with Crippen molar-refractivity contribution in [3.8, 4) is 0 Å². The summed E-state index contributed by atoms with van der Waals surface area (Å²) in [7, 11) is 0. The van der Waals surface area contributed by atoms with Gasteiger partial charge in [0.05, 0.1) is 0 Å². The van der Waals surface area contributed by atoms with Crippen molar-refractivity contribution in [3.05, 3.63) is 0 Å². The zero-order valence-electron chi connectivity index (χ0n) is 9.20. The molecule has 0 radical (unpaired) electrons. The second kappa shape index (κ2) is 5.47. The molecule has 14 heavy (non-hydrogen) atoms. The summed E-state index contributed by atoms with van der Waals surface area (Å²) in [5, 5.41) is 8.95. The van der Waals surface area contributed by atoms with E-state index in [0.29, 0.717) is 18.1 Å². The zero-order valence-corrected chi connectivity index (χ0v) is 9.20. The molecule has 0 saturated carbocycles. The van der Waals surface area contributed by atoms with Gasteiger partial charge in [0.1, 0.15) is 5.78 Å². The average Bonchev–Trinajstić information content (AvgIpc) is 2.20. The minimum absolute atomic E-state index is 0.231. The van der Waals surface area contributed by atoms with Crippen molar-refractivity contribution >= 4 is 5.78 Å². The third-order valence-corrected chi connectivity index (χ3v) is 2.98. The molecule has 1 fully saturated rings.